The quantitative estimate of drug-likeness (QED) is 0.178. The van der Waals surface area contributed by atoms with Crippen LogP contribution in [0, 0.1) is 5.82 Å². The number of carbonyl (C=O) groups excluding carboxylic acids is 1. The highest BCUT2D eigenvalue weighted by molar-refractivity contribution is 5.79. The second-order valence-electron chi connectivity index (χ2n) is 9.69. The predicted molar refractivity (Wildman–Crippen MR) is 149 cm³/mol. The molecule has 3 aromatic carbocycles. The van der Waals surface area contributed by atoms with E-state index in [-0.39, 0.29) is 17.9 Å². The Morgan fingerprint density at radius 3 is 2.60 bits per heavy atom. The number of nitrogens with one attached hydrogen (secondary N) is 1. The van der Waals surface area contributed by atoms with Crippen molar-refractivity contribution in [1.82, 2.24) is 4.90 Å². The first-order valence-electron chi connectivity index (χ1n) is 13.5. The van der Waals surface area contributed by atoms with Gasteiger partial charge in [0.15, 0.2) is 0 Å². The third-order valence-electron chi connectivity index (χ3n) is 6.88. The Labute approximate surface area is 234 Å². The summed E-state index contributed by atoms with van der Waals surface area (Å²) in [6.45, 7) is 3.48. The number of benzene rings is 3. The number of rotatable bonds is 15. The number of unbranched alkanes of at least 4 members (excludes halogenated alkanes) is 1. The van der Waals surface area contributed by atoms with Crippen molar-refractivity contribution in [3.05, 3.63) is 94.8 Å². The van der Waals surface area contributed by atoms with Gasteiger partial charge in [-0.25, -0.2) is 9.18 Å². The largest absolute Gasteiger partial charge is 0.508 e. The highest BCUT2D eigenvalue weighted by Gasteiger charge is 2.41. The molecule has 9 heteroatoms. The number of phenols is 1. The van der Waals surface area contributed by atoms with Gasteiger partial charge in [0.05, 0.1) is 13.7 Å². The molecule has 214 valence electrons. The van der Waals surface area contributed by atoms with Crippen molar-refractivity contribution in [1.29, 1.82) is 0 Å². The zero-order valence-corrected chi connectivity index (χ0v) is 22.7. The van der Waals surface area contributed by atoms with E-state index in [1.807, 2.05) is 48.5 Å². The molecule has 40 heavy (non-hydrogen) atoms. The third-order valence-corrected chi connectivity index (χ3v) is 6.88. The number of nitrogens with zero attached hydrogens (tertiary/aromatic N) is 1. The van der Waals surface area contributed by atoms with Crippen molar-refractivity contribution >= 4 is 11.7 Å². The lowest BCUT2D eigenvalue weighted by molar-refractivity contribution is -0.152. The Morgan fingerprint density at radius 2 is 1.80 bits per heavy atom. The van der Waals surface area contributed by atoms with Crippen LogP contribution in [0.5, 0.6) is 5.75 Å². The van der Waals surface area contributed by atoms with E-state index < -0.39 is 24.1 Å². The number of carbonyl (C=O) groups is 1. The van der Waals surface area contributed by atoms with Crippen LogP contribution < -0.4 is 5.32 Å². The van der Waals surface area contributed by atoms with Gasteiger partial charge in [0.1, 0.15) is 23.8 Å². The van der Waals surface area contributed by atoms with Crippen LogP contribution in [0.3, 0.4) is 0 Å². The molecule has 0 amide bonds. The molecule has 8 nitrogen and oxygen atoms in total. The first-order chi connectivity index (χ1) is 19.5. The number of ether oxygens (including phenoxy) is 3. The van der Waals surface area contributed by atoms with E-state index in [9.17, 15) is 19.4 Å². The van der Waals surface area contributed by atoms with Crippen molar-refractivity contribution in [2.45, 2.75) is 44.7 Å². The summed E-state index contributed by atoms with van der Waals surface area (Å²) in [5.74, 6) is -1.55. The number of hydrogen-bond acceptors (Lipinski definition) is 8. The van der Waals surface area contributed by atoms with E-state index in [1.54, 1.807) is 0 Å². The first-order valence-corrected chi connectivity index (χ1v) is 13.5. The Morgan fingerprint density at radius 1 is 1.02 bits per heavy atom. The standard InChI is InChI=1S/C31H37FN2O6/c1-38-31(37)29(25-19-24(32)13-14-27(25)35)34-20-23-11-7-12-26(28(23)30(34)36)33-15-5-6-16-39-17-8-18-40-21-22-9-3-2-4-10-22/h2-4,7,9-14,19,29-30,33,35-36H,5-6,8,15-18,20-21H2,1H3. The molecule has 3 N–H and O–H groups in total. The molecule has 0 aliphatic carbocycles. The highest BCUT2D eigenvalue weighted by atomic mass is 19.1. The molecule has 1 aliphatic rings. The predicted octanol–water partition coefficient (Wildman–Crippen LogP) is 5.07. The van der Waals surface area contributed by atoms with E-state index in [1.165, 1.54) is 18.1 Å². The minimum Gasteiger partial charge on any atom is -0.508 e. The SMILES string of the molecule is COC(=O)C(c1cc(F)ccc1O)N1Cc2cccc(NCCCCOCCCOCc3ccccc3)c2C1O. The molecule has 3 aromatic rings. The second kappa shape index (κ2) is 14.8. The molecule has 0 aromatic heterocycles. The fourth-order valence-corrected chi connectivity index (χ4v) is 4.87. The second-order valence-corrected chi connectivity index (χ2v) is 9.69. The summed E-state index contributed by atoms with van der Waals surface area (Å²) in [4.78, 5) is 14.2. The van der Waals surface area contributed by atoms with Crippen LogP contribution in [-0.2, 0) is 32.2 Å². The summed E-state index contributed by atoms with van der Waals surface area (Å²) < 4.78 is 30.3. The van der Waals surface area contributed by atoms with Gasteiger partial charge in [0.25, 0.3) is 0 Å². The summed E-state index contributed by atoms with van der Waals surface area (Å²) in [6.07, 6.45) is 1.44. The number of aliphatic hydroxyl groups is 1. The summed E-state index contributed by atoms with van der Waals surface area (Å²) >= 11 is 0. The van der Waals surface area contributed by atoms with Gasteiger partial charge in [-0.05, 0) is 54.7 Å². The number of aromatic hydroxyl groups is 1. The molecule has 0 bridgehead atoms. The average molecular weight is 553 g/mol. The van der Waals surface area contributed by atoms with Gasteiger partial charge in [0, 0.05) is 49.7 Å². The molecule has 0 saturated heterocycles. The van der Waals surface area contributed by atoms with Crippen LogP contribution in [0.15, 0.2) is 66.7 Å². The summed E-state index contributed by atoms with van der Waals surface area (Å²) in [5, 5.41) is 25.0. The van der Waals surface area contributed by atoms with E-state index in [0.29, 0.717) is 38.5 Å². The summed E-state index contributed by atoms with van der Waals surface area (Å²) in [6, 6.07) is 17.9. The van der Waals surface area contributed by atoms with Crippen molar-refractivity contribution in [3.8, 4) is 5.75 Å². The van der Waals surface area contributed by atoms with Crippen LogP contribution in [0.4, 0.5) is 10.1 Å². The average Bonchev–Trinajstić information content (AvgIpc) is 3.30. The lowest BCUT2D eigenvalue weighted by atomic mass is 10.0. The monoisotopic (exact) mass is 552 g/mol. The van der Waals surface area contributed by atoms with Crippen molar-refractivity contribution in [2.75, 3.05) is 38.8 Å². The van der Waals surface area contributed by atoms with E-state index in [4.69, 9.17) is 14.2 Å². The lowest BCUT2D eigenvalue weighted by Gasteiger charge is -2.29. The van der Waals surface area contributed by atoms with E-state index in [2.05, 4.69) is 5.32 Å². The van der Waals surface area contributed by atoms with Crippen molar-refractivity contribution in [3.63, 3.8) is 0 Å². The Hall–Kier alpha value is -3.50. The molecular formula is C31H37FN2O6. The highest BCUT2D eigenvalue weighted by Crippen LogP contribution is 2.43. The van der Waals surface area contributed by atoms with Crippen LogP contribution in [0.25, 0.3) is 0 Å². The van der Waals surface area contributed by atoms with Gasteiger partial charge in [-0.3, -0.25) is 4.90 Å². The van der Waals surface area contributed by atoms with Gasteiger partial charge in [-0.15, -0.1) is 0 Å². The number of aliphatic hydroxyl groups excluding tert-OH is 1. The topological polar surface area (TPSA) is 100 Å². The van der Waals surface area contributed by atoms with Crippen LogP contribution in [0.1, 0.15) is 53.8 Å². The molecule has 2 unspecified atom stereocenters. The van der Waals surface area contributed by atoms with E-state index in [0.717, 1.165) is 48.2 Å². The molecule has 0 fully saturated rings. The lowest BCUT2D eigenvalue weighted by Crippen LogP contribution is -2.34. The number of halogens is 1. The van der Waals surface area contributed by atoms with Gasteiger partial charge >= 0.3 is 5.97 Å². The summed E-state index contributed by atoms with van der Waals surface area (Å²) in [5.41, 5.74) is 3.44. The third kappa shape index (κ3) is 7.57. The Bertz CT molecular complexity index is 1240. The van der Waals surface area contributed by atoms with Crippen molar-refractivity contribution in [2.24, 2.45) is 0 Å². The molecule has 4 rings (SSSR count). The van der Waals surface area contributed by atoms with Gasteiger partial charge in [-0.1, -0.05) is 42.5 Å². The Kier molecular flexibility index (Phi) is 10.9. The maximum absolute atomic E-state index is 14.0. The maximum atomic E-state index is 14.0. The molecule has 0 radical (unpaired) electrons. The molecule has 0 saturated carbocycles. The number of esters is 1. The zero-order valence-electron chi connectivity index (χ0n) is 22.7. The number of hydrogen-bond donors (Lipinski definition) is 3. The van der Waals surface area contributed by atoms with Gasteiger partial charge in [0.2, 0.25) is 0 Å². The smallest absolute Gasteiger partial charge is 0.327 e. The van der Waals surface area contributed by atoms with Crippen LogP contribution >= 0.6 is 0 Å². The summed E-state index contributed by atoms with van der Waals surface area (Å²) in [7, 11) is 1.22. The van der Waals surface area contributed by atoms with Crippen molar-refractivity contribution < 1.29 is 33.6 Å². The molecule has 2 atom stereocenters. The maximum Gasteiger partial charge on any atom is 0.327 e. The van der Waals surface area contributed by atoms with Gasteiger partial charge in [-0.2, -0.15) is 0 Å². The number of phenolic OH excluding ortho intramolecular Hbond substituents is 1. The van der Waals surface area contributed by atoms with Gasteiger partial charge < -0.3 is 29.7 Å². The fourth-order valence-electron chi connectivity index (χ4n) is 4.87. The molecule has 1 aliphatic heterocycles. The molecular weight excluding hydrogens is 515 g/mol. The normalized spacial score (nSPS) is 15.5. The number of anilines is 1. The Balaban J connectivity index is 1.23. The number of methoxy groups -OCH3 is 1. The fraction of sp³-hybridized carbons (Fsp3) is 0.387. The minimum absolute atomic E-state index is 0.0379. The van der Waals surface area contributed by atoms with Crippen LogP contribution in [-0.4, -0.2) is 54.6 Å². The van der Waals surface area contributed by atoms with E-state index >= 15 is 0 Å². The van der Waals surface area contributed by atoms with Crippen LogP contribution in [0.2, 0.25) is 0 Å². The zero-order chi connectivity index (χ0) is 28.3. The minimum atomic E-state index is -1.18. The molecule has 0 spiro atoms. The first kappa shape index (κ1) is 29.5. The molecule has 1 heterocycles. The number of fused-ring (bicyclic) bond motifs is 1.